The van der Waals surface area contributed by atoms with Crippen LogP contribution in [0, 0.1) is 0 Å². The molecule has 2 aromatic rings. The lowest BCUT2D eigenvalue weighted by Gasteiger charge is -2.18. The number of aromatic nitrogens is 1. The molecule has 0 bridgehead atoms. The van der Waals surface area contributed by atoms with Gasteiger partial charge in [-0.05, 0) is 17.7 Å². The van der Waals surface area contributed by atoms with Crippen molar-refractivity contribution in [1.29, 1.82) is 0 Å². The molecule has 10 heteroatoms. The number of rotatable bonds is 4. The number of hydrogen-bond acceptors (Lipinski definition) is 4. The minimum Gasteiger partial charge on any atom is -0.482 e. The third-order valence-electron chi connectivity index (χ3n) is 4.24. The first-order chi connectivity index (χ1) is 12.3. The van der Waals surface area contributed by atoms with Gasteiger partial charge in [-0.2, -0.15) is 13.2 Å². The van der Waals surface area contributed by atoms with Crippen molar-refractivity contribution < 1.29 is 22.7 Å². The van der Waals surface area contributed by atoms with Crippen LogP contribution in [0.3, 0.4) is 0 Å². The number of amides is 1. The predicted molar refractivity (Wildman–Crippen MR) is 103 cm³/mol. The molecule has 1 aliphatic rings. The molecule has 1 aromatic heterocycles. The number of likely N-dealkylation sites (tertiary alicyclic amines) is 1. The van der Waals surface area contributed by atoms with Gasteiger partial charge in [-0.1, -0.05) is 30.3 Å². The number of nitrogens with two attached hydrogens (primary N) is 1. The molecule has 5 nitrogen and oxygen atoms in total. The lowest BCUT2D eigenvalue weighted by atomic mass is 9.95. The summed E-state index contributed by atoms with van der Waals surface area (Å²) < 4.78 is 42.0. The van der Waals surface area contributed by atoms with Gasteiger partial charge in [0.15, 0.2) is 18.1 Å². The van der Waals surface area contributed by atoms with E-state index in [2.05, 4.69) is 4.98 Å². The zero-order valence-corrected chi connectivity index (χ0v) is 16.3. The van der Waals surface area contributed by atoms with Crippen LogP contribution in [0.25, 0.3) is 0 Å². The summed E-state index contributed by atoms with van der Waals surface area (Å²) in [6, 6.07) is 12.0. The number of halogens is 5. The Labute approximate surface area is 172 Å². The highest BCUT2D eigenvalue weighted by atomic mass is 35.5. The zero-order valence-electron chi connectivity index (χ0n) is 14.6. The molecular formula is C18H20Cl2F3N3O2. The normalized spacial score (nSPS) is 18.8. The average molecular weight is 438 g/mol. The van der Waals surface area contributed by atoms with Crippen molar-refractivity contribution in [2.75, 3.05) is 19.7 Å². The lowest BCUT2D eigenvalue weighted by molar-refractivity contribution is -0.153. The van der Waals surface area contributed by atoms with Gasteiger partial charge in [-0.15, -0.1) is 24.8 Å². The maximum atomic E-state index is 12.8. The third kappa shape index (κ3) is 5.73. The standard InChI is InChI=1S/C18H18F3N3O2.2ClH/c19-18(20,21)11-26-15-7-4-8-23-16(15)17(25)24-9-13(14(22)10-24)12-5-2-1-3-6-12;;/h1-8,13-14H,9-11,22H2;2*1H/t13-,14+;;/m0../s1. The Morgan fingerprint density at radius 1 is 1.14 bits per heavy atom. The monoisotopic (exact) mass is 437 g/mol. The Kier molecular flexibility index (Phi) is 8.53. The van der Waals surface area contributed by atoms with Crippen LogP contribution < -0.4 is 10.5 Å². The molecule has 2 N–H and O–H groups in total. The first-order valence-electron chi connectivity index (χ1n) is 8.09. The summed E-state index contributed by atoms with van der Waals surface area (Å²) in [7, 11) is 0. The van der Waals surface area contributed by atoms with Crippen molar-refractivity contribution in [3.63, 3.8) is 0 Å². The summed E-state index contributed by atoms with van der Waals surface area (Å²) in [5.41, 5.74) is 7.05. The second-order valence-corrected chi connectivity index (χ2v) is 6.15. The second kappa shape index (κ2) is 9.95. The van der Waals surface area contributed by atoms with E-state index in [1.165, 1.54) is 23.2 Å². The lowest BCUT2D eigenvalue weighted by Crippen LogP contribution is -2.33. The first-order valence-corrected chi connectivity index (χ1v) is 8.09. The topological polar surface area (TPSA) is 68.5 Å². The molecule has 0 unspecified atom stereocenters. The Hall–Kier alpha value is -2.03. The number of ether oxygens (including phenoxy) is 1. The number of carbonyl (C=O) groups is 1. The molecule has 2 atom stereocenters. The summed E-state index contributed by atoms with van der Waals surface area (Å²) >= 11 is 0. The fraction of sp³-hybridized carbons (Fsp3) is 0.333. The quantitative estimate of drug-likeness (QED) is 0.795. The maximum Gasteiger partial charge on any atom is 0.422 e. The number of pyridine rings is 1. The largest absolute Gasteiger partial charge is 0.482 e. The molecule has 1 fully saturated rings. The van der Waals surface area contributed by atoms with Crippen LogP contribution in [-0.2, 0) is 0 Å². The van der Waals surface area contributed by atoms with E-state index in [1.807, 2.05) is 30.3 Å². The van der Waals surface area contributed by atoms with Crippen LogP contribution >= 0.6 is 24.8 Å². The van der Waals surface area contributed by atoms with Gasteiger partial charge in [0.05, 0.1) is 0 Å². The van der Waals surface area contributed by atoms with E-state index >= 15 is 0 Å². The van der Waals surface area contributed by atoms with Gasteiger partial charge < -0.3 is 15.4 Å². The van der Waals surface area contributed by atoms with E-state index in [0.717, 1.165) is 5.56 Å². The molecule has 3 rings (SSSR count). The summed E-state index contributed by atoms with van der Waals surface area (Å²) in [5, 5.41) is 0. The predicted octanol–water partition coefficient (Wildman–Crippen LogP) is 3.43. The van der Waals surface area contributed by atoms with E-state index < -0.39 is 18.7 Å². The van der Waals surface area contributed by atoms with E-state index in [1.54, 1.807) is 0 Å². The Morgan fingerprint density at radius 2 is 1.82 bits per heavy atom. The fourth-order valence-corrected chi connectivity index (χ4v) is 3.02. The van der Waals surface area contributed by atoms with E-state index in [9.17, 15) is 18.0 Å². The first kappa shape index (κ1) is 24.0. The summed E-state index contributed by atoms with van der Waals surface area (Å²) in [5.74, 6) is -0.716. The van der Waals surface area contributed by atoms with Gasteiger partial charge in [0.1, 0.15) is 0 Å². The molecule has 1 saturated heterocycles. The Balaban J connectivity index is 0.00000196. The SMILES string of the molecule is Cl.Cl.N[C@@H]1CN(C(=O)c2ncccc2OCC(F)(F)F)C[C@H]1c1ccccc1. The number of carbonyl (C=O) groups excluding carboxylic acids is 1. The van der Waals surface area contributed by atoms with Gasteiger partial charge in [-0.3, -0.25) is 4.79 Å². The van der Waals surface area contributed by atoms with Crippen LogP contribution in [0.1, 0.15) is 22.0 Å². The minimum absolute atomic E-state index is 0. The van der Waals surface area contributed by atoms with Crippen molar-refractivity contribution in [3.8, 4) is 5.75 Å². The molecule has 28 heavy (non-hydrogen) atoms. The van der Waals surface area contributed by atoms with Gasteiger partial charge in [0.25, 0.3) is 5.91 Å². The average Bonchev–Trinajstić information content (AvgIpc) is 3.01. The molecule has 154 valence electrons. The number of alkyl halides is 3. The van der Waals surface area contributed by atoms with E-state index in [4.69, 9.17) is 10.5 Å². The Morgan fingerprint density at radius 3 is 2.46 bits per heavy atom. The fourth-order valence-electron chi connectivity index (χ4n) is 3.02. The molecule has 1 amide bonds. The maximum absolute atomic E-state index is 12.8. The number of nitrogens with zero attached hydrogens (tertiary/aromatic N) is 2. The van der Waals surface area contributed by atoms with Gasteiger partial charge in [0.2, 0.25) is 0 Å². The highest BCUT2D eigenvalue weighted by molar-refractivity contribution is 5.95. The second-order valence-electron chi connectivity index (χ2n) is 6.15. The highest BCUT2D eigenvalue weighted by Gasteiger charge is 2.36. The smallest absolute Gasteiger partial charge is 0.422 e. The molecule has 1 aliphatic heterocycles. The Bertz CT molecular complexity index is 778. The van der Waals surface area contributed by atoms with Crippen molar-refractivity contribution in [2.45, 2.75) is 18.1 Å². The van der Waals surface area contributed by atoms with Crippen LogP contribution in [-0.4, -0.2) is 47.7 Å². The molecule has 0 saturated carbocycles. The van der Waals surface area contributed by atoms with Crippen molar-refractivity contribution >= 4 is 30.7 Å². The number of benzene rings is 1. The third-order valence-corrected chi connectivity index (χ3v) is 4.24. The minimum atomic E-state index is -4.50. The van der Waals surface area contributed by atoms with Crippen molar-refractivity contribution in [1.82, 2.24) is 9.88 Å². The molecule has 0 spiro atoms. The van der Waals surface area contributed by atoms with Gasteiger partial charge in [0, 0.05) is 31.2 Å². The summed E-state index contributed by atoms with van der Waals surface area (Å²) in [6.45, 7) is -0.807. The van der Waals surface area contributed by atoms with Crippen LogP contribution in [0.15, 0.2) is 48.7 Å². The van der Waals surface area contributed by atoms with E-state index in [0.29, 0.717) is 13.1 Å². The summed E-state index contributed by atoms with van der Waals surface area (Å²) in [6.07, 6.45) is -3.15. The molecule has 2 heterocycles. The van der Waals surface area contributed by atoms with Crippen LogP contribution in [0.4, 0.5) is 13.2 Å². The van der Waals surface area contributed by atoms with Crippen molar-refractivity contribution in [2.24, 2.45) is 5.73 Å². The molecule has 1 aromatic carbocycles. The molecule has 0 aliphatic carbocycles. The van der Waals surface area contributed by atoms with Crippen LogP contribution in [0.2, 0.25) is 0 Å². The van der Waals surface area contributed by atoms with E-state index in [-0.39, 0.29) is 48.2 Å². The van der Waals surface area contributed by atoms with Gasteiger partial charge in [-0.25, -0.2) is 4.98 Å². The van der Waals surface area contributed by atoms with Crippen LogP contribution in [0.5, 0.6) is 5.75 Å². The van der Waals surface area contributed by atoms with Crippen molar-refractivity contribution in [3.05, 3.63) is 59.9 Å². The zero-order chi connectivity index (χ0) is 18.7. The molecule has 0 radical (unpaired) electrons. The van der Waals surface area contributed by atoms with Gasteiger partial charge >= 0.3 is 6.18 Å². The summed E-state index contributed by atoms with van der Waals surface area (Å²) in [4.78, 5) is 18.2. The molecular weight excluding hydrogens is 418 g/mol. The number of hydrogen-bond donors (Lipinski definition) is 1. The highest BCUT2D eigenvalue weighted by Crippen LogP contribution is 2.29.